The van der Waals surface area contributed by atoms with Crippen molar-refractivity contribution in [3.63, 3.8) is 0 Å². The molecule has 0 aromatic rings. The van der Waals surface area contributed by atoms with E-state index in [0.717, 1.165) is 57.6 Å². The lowest BCUT2D eigenvalue weighted by atomic mass is 10.1. The van der Waals surface area contributed by atoms with E-state index < -0.39 is 0 Å². The van der Waals surface area contributed by atoms with Gasteiger partial charge in [-0.3, -0.25) is 9.79 Å². The van der Waals surface area contributed by atoms with E-state index in [1.54, 1.807) is 0 Å². The highest BCUT2D eigenvalue weighted by Crippen LogP contribution is 2.12. The molecule has 0 atom stereocenters. The van der Waals surface area contributed by atoms with Crippen molar-refractivity contribution in [2.24, 2.45) is 16.6 Å². The summed E-state index contributed by atoms with van der Waals surface area (Å²) in [7, 11) is 0. The molecule has 0 bridgehead atoms. The lowest BCUT2D eigenvalue weighted by molar-refractivity contribution is -0.131. The molecule has 0 aliphatic carbocycles. The molecular weight excluding hydrogens is 262 g/mol. The van der Waals surface area contributed by atoms with Gasteiger partial charge in [0.05, 0.1) is 5.84 Å². The largest absolute Gasteiger partial charge is 0.387 e. The van der Waals surface area contributed by atoms with E-state index in [1.807, 2.05) is 4.90 Å². The van der Waals surface area contributed by atoms with Gasteiger partial charge in [0.25, 0.3) is 0 Å². The first kappa shape index (κ1) is 17.7. The highest BCUT2D eigenvalue weighted by Gasteiger charge is 2.14. The van der Waals surface area contributed by atoms with E-state index in [-0.39, 0.29) is 0 Å². The Bertz CT molecular complexity index is 385. The Balaban J connectivity index is 2.12. The number of unbranched alkanes of at least 4 members (excludes halogenated alkanes) is 2. The van der Waals surface area contributed by atoms with E-state index in [1.165, 1.54) is 5.57 Å². The number of aliphatic imine (C=N–C) groups is 1. The Labute approximate surface area is 129 Å². The predicted molar refractivity (Wildman–Crippen MR) is 89.4 cm³/mol. The van der Waals surface area contributed by atoms with Crippen molar-refractivity contribution >= 4 is 11.7 Å². The number of nitrogens with two attached hydrogens (primary N) is 1. The second-order valence-corrected chi connectivity index (χ2v) is 6.24. The van der Waals surface area contributed by atoms with E-state index in [4.69, 9.17) is 5.73 Å². The van der Waals surface area contributed by atoms with Crippen LogP contribution in [-0.4, -0.2) is 36.3 Å². The summed E-state index contributed by atoms with van der Waals surface area (Å²) >= 11 is 0. The van der Waals surface area contributed by atoms with Crippen LogP contribution in [-0.2, 0) is 4.79 Å². The summed E-state index contributed by atoms with van der Waals surface area (Å²) in [5, 5.41) is 0. The van der Waals surface area contributed by atoms with E-state index in [2.05, 4.69) is 31.8 Å². The first-order chi connectivity index (χ1) is 10.0. The van der Waals surface area contributed by atoms with Crippen LogP contribution in [0.5, 0.6) is 0 Å². The van der Waals surface area contributed by atoms with Gasteiger partial charge in [-0.15, -0.1) is 0 Å². The first-order valence-electron chi connectivity index (χ1n) is 8.24. The summed E-state index contributed by atoms with van der Waals surface area (Å²) in [6.45, 7) is 8.80. The summed E-state index contributed by atoms with van der Waals surface area (Å²) in [6, 6.07) is 0. The Kier molecular flexibility index (Phi) is 8.09. The third kappa shape index (κ3) is 7.30. The third-order valence-corrected chi connectivity index (χ3v) is 3.96. The van der Waals surface area contributed by atoms with Gasteiger partial charge in [0.15, 0.2) is 0 Å². The van der Waals surface area contributed by atoms with Crippen LogP contribution in [0.2, 0.25) is 0 Å². The molecule has 1 aliphatic rings. The molecule has 21 heavy (non-hydrogen) atoms. The molecule has 0 unspecified atom stereocenters. The van der Waals surface area contributed by atoms with Crippen LogP contribution in [0, 0.1) is 5.92 Å². The molecule has 4 heteroatoms. The standard InChI is InChI=1S/C17H31N3O/c1-14(2)17(18)19-11-6-4-5-9-16(21)20-12-7-8-15(3)10-13-20/h8,14H,4-7,9-13H2,1-3H3,(H2,18,19). The molecule has 120 valence electrons. The molecule has 0 fully saturated rings. The van der Waals surface area contributed by atoms with Crippen LogP contribution in [0.4, 0.5) is 0 Å². The lowest BCUT2D eigenvalue weighted by Gasteiger charge is -2.20. The van der Waals surface area contributed by atoms with Gasteiger partial charge in [-0.05, 0) is 32.6 Å². The predicted octanol–water partition coefficient (Wildman–Crippen LogP) is 3.13. The zero-order chi connectivity index (χ0) is 15.7. The minimum atomic E-state index is 0.309. The van der Waals surface area contributed by atoms with Gasteiger partial charge in [0.2, 0.25) is 5.91 Å². The minimum Gasteiger partial charge on any atom is -0.387 e. The average molecular weight is 293 g/mol. The Hall–Kier alpha value is -1.32. The first-order valence-corrected chi connectivity index (χ1v) is 8.24. The molecule has 1 amide bonds. The number of hydrogen-bond acceptors (Lipinski definition) is 2. The third-order valence-electron chi connectivity index (χ3n) is 3.96. The molecule has 0 aromatic heterocycles. The zero-order valence-electron chi connectivity index (χ0n) is 13.9. The number of carbonyl (C=O) groups excluding carboxylic acids is 1. The summed E-state index contributed by atoms with van der Waals surface area (Å²) in [6.07, 6.45) is 7.97. The smallest absolute Gasteiger partial charge is 0.222 e. The van der Waals surface area contributed by atoms with Crippen molar-refractivity contribution < 1.29 is 4.79 Å². The molecule has 0 spiro atoms. The normalized spacial score (nSPS) is 16.9. The van der Waals surface area contributed by atoms with Gasteiger partial charge in [0.1, 0.15) is 0 Å². The van der Waals surface area contributed by atoms with E-state index >= 15 is 0 Å². The maximum atomic E-state index is 12.1. The van der Waals surface area contributed by atoms with E-state index in [0.29, 0.717) is 18.2 Å². The molecular formula is C17H31N3O. The molecule has 0 radical (unpaired) electrons. The van der Waals surface area contributed by atoms with Crippen molar-refractivity contribution in [2.45, 2.75) is 59.3 Å². The topological polar surface area (TPSA) is 58.7 Å². The summed E-state index contributed by atoms with van der Waals surface area (Å²) in [5.41, 5.74) is 7.20. The van der Waals surface area contributed by atoms with Gasteiger partial charge >= 0.3 is 0 Å². The zero-order valence-corrected chi connectivity index (χ0v) is 13.9. The number of amides is 1. The Morgan fingerprint density at radius 2 is 2.10 bits per heavy atom. The quantitative estimate of drug-likeness (QED) is 0.339. The molecule has 1 rings (SSSR count). The average Bonchev–Trinajstić information content (AvgIpc) is 2.66. The Morgan fingerprint density at radius 1 is 1.33 bits per heavy atom. The van der Waals surface area contributed by atoms with Crippen molar-refractivity contribution in [3.05, 3.63) is 11.6 Å². The Morgan fingerprint density at radius 3 is 2.81 bits per heavy atom. The van der Waals surface area contributed by atoms with Crippen LogP contribution >= 0.6 is 0 Å². The molecule has 1 heterocycles. The fourth-order valence-corrected chi connectivity index (χ4v) is 2.36. The number of hydrogen-bond donors (Lipinski definition) is 1. The van der Waals surface area contributed by atoms with Crippen LogP contribution in [0.1, 0.15) is 59.3 Å². The van der Waals surface area contributed by atoms with Crippen LogP contribution < -0.4 is 5.73 Å². The fourth-order valence-electron chi connectivity index (χ4n) is 2.36. The van der Waals surface area contributed by atoms with Crippen LogP contribution in [0.25, 0.3) is 0 Å². The maximum Gasteiger partial charge on any atom is 0.222 e. The molecule has 0 aromatic carbocycles. The summed E-state index contributed by atoms with van der Waals surface area (Å²) in [5.74, 6) is 1.37. The van der Waals surface area contributed by atoms with Crippen molar-refractivity contribution in [1.29, 1.82) is 0 Å². The number of carbonyl (C=O) groups is 1. The minimum absolute atomic E-state index is 0.309. The van der Waals surface area contributed by atoms with Gasteiger partial charge in [-0.2, -0.15) is 0 Å². The molecule has 2 N–H and O–H groups in total. The van der Waals surface area contributed by atoms with Gasteiger partial charge in [-0.1, -0.05) is 31.9 Å². The lowest BCUT2D eigenvalue weighted by Crippen LogP contribution is -2.31. The number of rotatable bonds is 7. The highest BCUT2D eigenvalue weighted by molar-refractivity contribution is 5.82. The highest BCUT2D eigenvalue weighted by atomic mass is 16.2. The second kappa shape index (κ2) is 9.59. The second-order valence-electron chi connectivity index (χ2n) is 6.24. The SMILES string of the molecule is CC1=CCCN(C(=O)CCCCCN=C(N)C(C)C)CC1. The number of amidine groups is 1. The number of nitrogens with zero attached hydrogens (tertiary/aromatic N) is 2. The van der Waals surface area contributed by atoms with Crippen molar-refractivity contribution in [1.82, 2.24) is 4.90 Å². The van der Waals surface area contributed by atoms with Gasteiger partial charge in [0, 0.05) is 32.0 Å². The van der Waals surface area contributed by atoms with Gasteiger partial charge < -0.3 is 10.6 Å². The van der Waals surface area contributed by atoms with Gasteiger partial charge in [-0.25, -0.2) is 0 Å². The molecule has 1 aliphatic heterocycles. The fraction of sp³-hybridized carbons (Fsp3) is 0.765. The maximum absolute atomic E-state index is 12.1. The molecule has 0 saturated carbocycles. The van der Waals surface area contributed by atoms with E-state index in [9.17, 15) is 4.79 Å². The summed E-state index contributed by atoms with van der Waals surface area (Å²) in [4.78, 5) is 18.5. The molecule has 4 nitrogen and oxygen atoms in total. The monoisotopic (exact) mass is 293 g/mol. The van der Waals surface area contributed by atoms with Crippen molar-refractivity contribution in [2.75, 3.05) is 19.6 Å². The summed E-state index contributed by atoms with van der Waals surface area (Å²) < 4.78 is 0. The van der Waals surface area contributed by atoms with Crippen LogP contribution in [0.15, 0.2) is 16.6 Å². The molecule has 0 saturated heterocycles. The van der Waals surface area contributed by atoms with Crippen molar-refractivity contribution in [3.8, 4) is 0 Å². The van der Waals surface area contributed by atoms with Crippen LogP contribution in [0.3, 0.4) is 0 Å².